The monoisotopic (exact) mass is 263 g/mol. The third-order valence-electron chi connectivity index (χ3n) is 3.28. The van der Waals surface area contributed by atoms with E-state index in [1.807, 2.05) is 18.4 Å². The first-order chi connectivity index (χ1) is 8.70. The summed E-state index contributed by atoms with van der Waals surface area (Å²) in [5.74, 6) is -0.482. The maximum absolute atomic E-state index is 11.3. The molecule has 0 atom stereocenters. The summed E-state index contributed by atoms with van der Waals surface area (Å²) in [6.45, 7) is 0. The number of hydrogen-bond donors (Lipinski definition) is 1. The zero-order valence-electron chi connectivity index (χ0n) is 10.4. The molecular formula is C14H17NO2S. The number of allylic oxidation sites excluding steroid dienone is 1. The number of nitrogens with zero attached hydrogens (tertiary/aromatic N) is 1. The third kappa shape index (κ3) is 3.13. The van der Waals surface area contributed by atoms with Gasteiger partial charge >= 0.3 is 5.97 Å². The summed E-state index contributed by atoms with van der Waals surface area (Å²) < 4.78 is 0. The van der Waals surface area contributed by atoms with E-state index in [4.69, 9.17) is 0 Å². The lowest BCUT2D eigenvalue weighted by atomic mass is 10.0. The van der Waals surface area contributed by atoms with Crippen molar-refractivity contribution in [2.45, 2.75) is 30.6 Å². The van der Waals surface area contributed by atoms with Crippen molar-refractivity contribution in [2.75, 3.05) is 6.26 Å². The highest BCUT2D eigenvalue weighted by atomic mass is 32.2. The van der Waals surface area contributed by atoms with E-state index in [0.29, 0.717) is 17.2 Å². The number of hydrogen-bond acceptors (Lipinski definition) is 3. The second kappa shape index (κ2) is 6.05. The molecule has 0 bridgehead atoms. The molecule has 18 heavy (non-hydrogen) atoms. The molecule has 1 N–H and O–H groups in total. The molecule has 0 unspecified atom stereocenters. The largest absolute Gasteiger partial charge is 0.478 e. The molecule has 0 aromatic carbocycles. The van der Waals surface area contributed by atoms with Gasteiger partial charge in [0.05, 0.1) is 11.3 Å². The average molecular weight is 263 g/mol. The van der Waals surface area contributed by atoms with Gasteiger partial charge in [0.25, 0.3) is 0 Å². The molecule has 1 saturated carbocycles. The Morgan fingerprint density at radius 3 is 2.67 bits per heavy atom. The van der Waals surface area contributed by atoms with Crippen molar-refractivity contribution in [3.8, 4) is 0 Å². The average Bonchev–Trinajstić information content (AvgIpc) is 2.89. The molecule has 1 aliphatic carbocycles. The zero-order chi connectivity index (χ0) is 13.0. The van der Waals surface area contributed by atoms with Gasteiger partial charge in [-0.25, -0.2) is 4.79 Å². The van der Waals surface area contributed by atoms with Crippen molar-refractivity contribution in [3.63, 3.8) is 0 Å². The molecule has 96 valence electrons. The van der Waals surface area contributed by atoms with E-state index in [1.54, 1.807) is 24.0 Å². The second-order valence-electron chi connectivity index (χ2n) is 4.51. The number of aromatic nitrogens is 1. The van der Waals surface area contributed by atoms with Crippen LogP contribution in [0.5, 0.6) is 0 Å². The lowest BCUT2D eigenvalue weighted by Gasteiger charge is -2.07. The molecule has 0 amide bonds. The van der Waals surface area contributed by atoms with Crippen LogP contribution in [0.2, 0.25) is 0 Å². The Labute approximate surface area is 111 Å². The minimum Gasteiger partial charge on any atom is -0.478 e. The van der Waals surface area contributed by atoms with E-state index in [9.17, 15) is 9.90 Å². The highest BCUT2D eigenvalue weighted by molar-refractivity contribution is 7.98. The number of aliphatic carboxylic acids is 1. The van der Waals surface area contributed by atoms with Gasteiger partial charge in [0.1, 0.15) is 0 Å². The van der Waals surface area contributed by atoms with Crippen molar-refractivity contribution in [1.29, 1.82) is 0 Å². The van der Waals surface area contributed by atoms with Crippen LogP contribution in [0.4, 0.5) is 0 Å². The van der Waals surface area contributed by atoms with Gasteiger partial charge in [-0.15, -0.1) is 11.8 Å². The normalized spacial score (nSPS) is 17.1. The Bertz CT molecular complexity index is 447. The highest BCUT2D eigenvalue weighted by Crippen LogP contribution is 2.29. The zero-order valence-corrected chi connectivity index (χ0v) is 11.2. The maximum Gasteiger partial charge on any atom is 0.337 e. The number of pyridine rings is 1. The van der Waals surface area contributed by atoms with Crippen LogP contribution in [0.3, 0.4) is 0 Å². The molecule has 1 fully saturated rings. The summed E-state index contributed by atoms with van der Waals surface area (Å²) in [4.78, 5) is 16.6. The first kappa shape index (κ1) is 13.1. The predicted octanol–water partition coefficient (Wildman–Crippen LogP) is 3.46. The van der Waals surface area contributed by atoms with E-state index >= 15 is 0 Å². The van der Waals surface area contributed by atoms with Crippen molar-refractivity contribution >= 4 is 23.3 Å². The molecule has 1 aromatic heterocycles. The quantitative estimate of drug-likeness (QED) is 0.667. The van der Waals surface area contributed by atoms with Crippen LogP contribution in [0.1, 0.15) is 31.4 Å². The molecule has 1 heterocycles. The van der Waals surface area contributed by atoms with Crippen molar-refractivity contribution in [3.05, 3.63) is 30.1 Å². The second-order valence-corrected chi connectivity index (χ2v) is 5.39. The minimum absolute atomic E-state index is 0.342. The van der Waals surface area contributed by atoms with Crippen LogP contribution < -0.4 is 0 Å². The summed E-state index contributed by atoms with van der Waals surface area (Å²) in [6.07, 6.45) is 10.2. The van der Waals surface area contributed by atoms with E-state index in [0.717, 1.165) is 17.7 Å². The fraction of sp³-hybridized carbons (Fsp3) is 0.429. The Balaban J connectivity index is 2.25. The maximum atomic E-state index is 11.3. The smallest absolute Gasteiger partial charge is 0.337 e. The van der Waals surface area contributed by atoms with E-state index in [2.05, 4.69) is 4.98 Å². The Morgan fingerprint density at radius 2 is 2.17 bits per heavy atom. The number of thioether (sulfide) groups is 1. The molecule has 3 nitrogen and oxygen atoms in total. The standard InChI is InChI=1S/C14H17NO2S/c1-18-11-6-7-13(15-9-11)12(14(16)17)8-10-4-2-3-5-10/h6-10H,2-5H2,1H3,(H,16,17)/b12-8+. The molecule has 0 saturated heterocycles. The fourth-order valence-corrected chi connectivity index (χ4v) is 2.65. The van der Waals surface area contributed by atoms with Gasteiger partial charge in [-0.05, 0) is 37.1 Å². The summed E-state index contributed by atoms with van der Waals surface area (Å²) in [5.41, 5.74) is 0.904. The highest BCUT2D eigenvalue weighted by Gasteiger charge is 2.18. The Kier molecular flexibility index (Phi) is 4.42. The van der Waals surface area contributed by atoms with Gasteiger partial charge in [0.15, 0.2) is 0 Å². The van der Waals surface area contributed by atoms with Gasteiger partial charge < -0.3 is 5.11 Å². The number of rotatable bonds is 4. The molecule has 0 aliphatic heterocycles. The molecule has 2 rings (SSSR count). The lowest BCUT2D eigenvalue weighted by molar-refractivity contribution is -0.130. The summed E-state index contributed by atoms with van der Waals surface area (Å²) in [5, 5.41) is 9.30. The molecule has 1 aliphatic rings. The molecule has 0 spiro atoms. The lowest BCUT2D eigenvalue weighted by Crippen LogP contribution is -2.04. The van der Waals surface area contributed by atoms with Gasteiger partial charge in [-0.2, -0.15) is 0 Å². The van der Waals surface area contributed by atoms with Crippen LogP contribution in [-0.2, 0) is 4.79 Å². The van der Waals surface area contributed by atoms with Crippen molar-refractivity contribution in [1.82, 2.24) is 4.98 Å². The minimum atomic E-state index is -0.883. The predicted molar refractivity (Wildman–Crippen MR) is 73.6 cm³/mol. The fourth-order valence-electron chi connectivity index (χ4n) is 2.29. The van der Waals surface area contributed by atoms with Gasteiger partial charge in [-0.3, -0.25) is 4.98 Å². The summed E-state index contributed by atoms with van der Waals surface area (Å²) >= 11 is 1.60. The van der Waals surface area contributed by atoms with E-state index < -0.39 is 5.97 Å². The summed E-state index contributed by atoms with van der Waals surface area (Å²) in [6, 6.07) is 3.71. The van der Waals surface area contributed by atoms with Crippen LogP contribution >= 0.6 is 11.8 Å². The Hall–Kier alpha value is -1.29. The first-order valence-electron chi connectivity index (χ1n) is 6.16. The third-order valence-corrected chi connectivity index (χ3v) is 3.99. The number of carbonyl (C=O) groups is 1. The van der Waals surface area contributed by atoms with Crippen molar-refractivity contribution < 1.29 is 9.90 Å². The van der Waals surface area contributed by atoms with Crippen LogP contribution in [0, 0.1) is 5.92 Å². The summed E-state index contributed by atoms with van der Waals surface area (Å²) in [7, 11) is 0. The van der Waals surface area contributed by atoms with Crippen LogP contribution in [-0.4, -0.2) is 22.3 Å². The Morgan fingerprint density at radius 1 is 1.44 bits per heavy atom. The number of carboxylic acid groups (broad SMARTS) is 1. The van der Waals surface area contributed by atoms with Gasteiger partial charge in [0.2, 0.25) is 0 Å². The van der Waals surface area contributed by atoms with Crippen molar-refractivity contribution in [2.24, 2.45) is 5.92 Å². The molecule has 0 radical (unpaired) electrons. The van der Waals surface area contributed by atoms with E-state index in [1.165, 1.54) is 12.8 Å². The topological polar surface area (TPSA) is 50.2 Å². The first-order valence-corrected chi connectivity index (χ1v) is 7.38. The SMILES string of the molecule is CSc1ccc(/C(=C\C2CCCC2)C(=O)O)nc1. The van der Waals surface area contributed by atoms with Gasteiger partial charge in [-0.1, -0.05) is 18.9 Å². The van der Waals surface area contributed by atoms with Crippen LogP contribution in [0.25, 0.3) is 5.57 Å². The number of carboxylic acids is 1. The molecule has 1 aromatic rings. The molecular weight excluding hydrogens is 246 g/mol. The van der Waals surface area contributed by atoms with Gasteiger partial charge in [0, 0.05) is 11.1 Å². The molecule has 4 heteroatoms. The van der Waals surface area contributed by atoms with E-state index in [-0.39, 0.29) is 0 Å². The van der Waals surface area contributed by atoms with Crippen LogP contribution in [0.15, 0.2) is 29.3 Å².